The lowest BCUT2D eigenvalue weighted by Gasteiger charge is -2.30. The average molecular weight is 1130 g/mol. The van der Waals surface area contributed by atoms with Crippen LogP contribution in [0.15, 0.2) is 120 Å². The molecule has 1 saturated heterocycles. The van der Waals surface area contributed by atoms with Crippen molar-refractivity contribution in [2.24, 2.45) is 12.8 Å². The highest BCUT2D eigenvalue weighted by Gasteiger charge is 2.46. The Morgan fingerprint density at radius 3 is 2.24 bits per heavy atom. The largest absolute Gasteiger partial charge is 0.493 e. The zero-order chi connectivity index (χ0) is 58.0. The maximum absolute atomic E-state index is 15.1. The van der Waals surface area contributed by atoms with Crippen LogP contribution in [-0.4, -0.2) is 95.5 Å². The summed E-state index contributed by atoms with van der Waals surface area (Å²) in [5.74, 6) is -3.73. The van der Waals surface area contributed by atoms with Crippen LogP contribution in [0.2, 0.25) is 0 Å². The van der Waals surface area contributed by atoms with Crippen molar-refractivity contribution >= 4 is 82.1 Å². The molecule has 4 atom stereocenters. The quantitative estimate of drug-likeness (QED) is 0.0278. The molecule has 23 heteroatoms. The second-order valence-electron chi connectivity index (χ2n) is 20.9. The number of aryl methyl sites for hydroxylation is 2. The smallest absolute Gasteiger partial charge is 0.396 e. The number of rotatable bonds is 21. The van der Waals surface area contributed by atoms with Gasteiger partial charge in [0, 0.05) is 48.3 Å². The fraction of sp³-hybridized carbons (Fsp3) is 0.305. The zero-order valence-corrected chi connectivity index (χ0v) is 45.5. The number of primary amides is 1. The number of nitrogens with two attached hydrogens (primary N) is 1. The van der Waals surface area contributed by atoms with Gasteiger partial charge in [-0.3, -0.25) is 62.3 Å². The Labute approximate surface area is 468 Å². The number of imidazole rings is 1. The van der Waals surface area contributed by atoms with Crippen molar-refractivity contribution in [3.63, 3.8) is 0 Å². The van der Waals surface area contributed by atoms with Gasteiger partial charge < -0.3 is 41.2 Å². The van der Waals surface area contributed by atoms with Crippen LogP contribution in [0.1, 0.15) is 112 Å². The van der Waals surface area contributed by atoms with Gasteiger partial charge in [0.1, 0.15) is 35.6 Å². The number of ether oxygens (including phenoxy) is 1. The Balaban J connectivity index is 0.873. The Bertz CT molecular complexity index is 3770. The Hall–Kier alpha value is -8.98. The van der Waals surface area contributed by atoms with E-state index in [2.05, 4.69) is 26.3 Å². The molecule has 0 aliphatic carbocycles. The fourth-order valence-corrected chi connectivity index (χ4v) is 11.7. The first-order valence-electron chi connectivity index (χ1n) is 27.0. The molecular weight excluding hydrogens is 1070 g/mol. The molecule has 22 nitrogen and oxygen atoms in total. The summed E-state index contributed by atoms with van der Waals surface area (Å²) in [6.45, 7) is 0.289. The molecular formula is C59H60N9O13P. The van der Waals surface area contributed by atoms with E-state index in [4.69, 9.17) is 10.5 Å². The number of nitrogens with zero attached hydrogens (tertiary/aromatic N) is 3. The van der Waals surface area contributed by atoms with Gasteiger partial charge in [-0.1, -0.05) is 72.8 Å². The summed E-state index contributed by atoms with van der Waals surface area (Å²) < 4.78 is 21.2. The molecule has 2 aromatic heterocycles. The van der Waals surface area contributed by atoms with E-state index in [9.17, 15) is 52.7 Å². The van der Waals surface area contributed by atoms with E-state index in [1.807, 2.05) is 78.9 Å². The minimum Gasteiger partial charge on any atom is -0.493 e. The number of benzene rings is 5. The van der Waals surface area contributed by atoms with Crippen LogP contribution in [0, 0.1) is 0 Å². The average Bonchev–Trinajstić information content (AvgIpc) is 3.10. The first-order chi connectivity index (χ1) is 39.3. The van der Waals surface area contributed by atoms with Crippen LogP contribution in [0.3, 0.4) is 0 Å². The number of H-pyrrole nitrogens is 1. The van der Waals surface area contributed by atoms with Gasteiger partial charge in [-0.15, -0.1) is 0 Å². The number of imide groups is 1. The van der Waals surface area contributed by atoms with Crippen LogP contribution in [-0.2, 0) is 59.6 Å². The third kappa shape index (κ3) is 11.8. The molecule has 0 bridgehead atoms. The molecule has 424 valence electrons. The number of nitrogens with one attached hydrogen (secondary N) is 5. The van der Waals surface area contributed by atoms with E-state index in [0.29, 0.717) is 57.3 Å². The van der Waals surface area contributed by atoms with Gasteiger partial charge in [0.15, 0.2) is 0 Å². The first-order valence-corrected chi connectivity index (χ1v) is 28.6. The summed E-state index contributed by atoms with van der Waals surface area (Å²) in [6.07, 6.45) is 3.15. The highest BCUT2D eigenvalue weighted by Crippen LogP contribution is 2.44. The van der Waals surface area contributed by atoms with Crippen LogP contribution < -0.4 is 42.3 Å². The second-order valence-corrected chi connectivity index (χ2v) is 22.4. The highest BCUT2D eigenvalue weighted by molar-refractivity contribution is 7.70. The molecule has 9 N–H and O–H groups in total. The van der Waals surface area contributed by atoms with Gasteiger partial charge in [0.25, 0.3) is 11.4 Å². The molecule has 0 saturated carbocycles. The van der Waals surface area contributed by atoms with Crippen LogP contribution >= 0.6 is 7.60 Å². The van der Waals surface area contributed by atoms with E-state index in [-0.39, 0.29) is 74.4 Å². The van der Waals surface area contributed by atoms with Gasteiger partial charge in [-0.25, -0.2) is 4.79 Å². The van der Waals surface area contributed by atoms with Crippen molar-refractivity contribution in [2.75, 3.05) is 11.5 Å². The Morgan fingerprint density at radius 2 is 1.55 bits per heavy atom. The molecule has 1 fully saturated rings. The Morgan fingerprint density at radius 1 is 0.817 bits per heavy atom. The van der Waals surface area contributed by atoms with Crippen LogP contribution in [0.25, 0.3) is 21.9 Å². The lowest BCUT2D eigenvalue weighted by Crippen LogP contribution is -2.57. The van der Waals surface area contributed by atoms with E-state index in [0.717, 1.165) is 29.5 Å². The number of carbonyl (C=O) groups is 8. The predicted octanol–water partition coefficient (Wildman–Crippen LogP) is 4.57. The zero-order valence-electron chi connectivity index (χ0n) is 44.6. The number of aromatic amines is 1. The SMILES string of the molecule is Cn1c(=O)n(C2CCC(=O)NC2=O)c2ccc(CCCCCOc3ccc4c5c3CC[C@H](NC(=O)c3cc6cc(C(=O)P(=O)(O)O)ccc6[nH]3)C(=O)N5[C@H](C(=O)N[C@@H](CCC(N)=O)C(=O)NC(c3ccccc3)c3ccccc3)C4)cc21. The molecule has 1 unspecified atom stereocenters. The van der Waals surface area contributed by atoms with Crippen molar-refractivity contribution in [1.29, 1.82) is 0 Å². The third-order valence-corrected chi connectivity index (χ3v) is 16.2. The number of hydrogen-bond acceptors (Lipinski definition) is 11. The highest BCUT2D eigenvalue weighted by atomic mass is 31.2. The van der Waals surface area contributed by atoms with Crippen molar-refractivity contribution < 1.29 is 57.4 Å². The lowest BCUT2D eigenvalue weighted by molar-refractivity contribution is -0.136. The minimum atomic E-state index is -5.11. The second kappa shape index (κ2) is 23.6. The molecule has 5 aromatic carbocycles. The number of hydrogen-bond donors (Lipinski definition) is 8. The van der Waals surface area contributed by atoms with Crippen molar-refractivity contribution in [3.8, 4) is 5.75 Å². The lowest BCUT2D eigenvalue weighted by atomic mass is 9.97. The van der Waals surface area contributed by atoms with Gasteiger partial charge >= 0.3 is 13.3 Å². The van der Waals surface area contributed by atoms with Crippen molar-refractivity contribution in [3.05, 3.63) is 165 Å². The number of piperidine rings is 1. The van der Waals surface area contributed by atoms with E-state index in [1.165, 1.54) is 38.3 Å². The first kappa shape index (κ1) is 56.3. The molecule has 0 radical (unpaired) electrons. The molecule has 7 amide bonds. The van der Waals surface area contributed by atoms with Gasteiger partial charge in [0.05, 0.1) is 29.4 Å². The standard InChI is InChI=1S/C59H60N9O13P/c1-66-46-29-33(16-23-44(46)67(59(66)77)45-24-27-50(70)64-55(45)73)11-5-4-10-28-81-48-25-18-36-32-47(56(74)62-41(22-26-49(60)69)53(71)65-51(34-12-6-2-7-13-34)35-14-8-3-9-15-35)68-52(36)39(48)19-21-42(57(68)75)63-54(72)43-31-38-30-37(17-20-40(38)61-43)58(76)82(78,79)80/h2-3,6-9,12-18,20,23,25,29-31,41-42,45,47,51,61H,4-5,10-11,19,21-22,24,26-28,32H2,1H3,(H2,60,69)(H,62,74)(H,63,72)(H,65,71)(H,64,70,73)(H2,78,79,80)/t41-,42-,45?,47-/m0/s1. The van der Waals surface area contributed by atoms with Gasteiger partial charge in [-0.2, -0.15) is 0 Å². The molecule has 7 aromatic rings. The topological polar surface area (TPSA) is 323 Å². The van der Waals surface area contributed by atoms with E-state index < -0.39 is 78.8 Å². The summed E-state index contributed by atoms with van der Waals surface area (Å²) >= 11 is 0. The summed E-state index contributed by atoms with van der Waals surface area (Å²) in [5.41, 5.74) is 9.45. The number of aromatic nitrogens is 3. The van der Waals surface area contributed by atoms with Crippen molar-refractivity contribution in [2.45, 2.75) is 101 Å². The molecule has 82 heavy (non-hydrogen) atoms. The minimum absolute atomic E-state index is 0.0200. The van der Waals surface area contributed by atoms with E-state index >= 15 is 4.79 Å². The van der Waals surface area contributed by atoms with Gasteiger partial charge in [0.2, 0.25) is 35.4 Å². The molecule has 0 spiro atoms. The summed E-state index contributed by atoms with van der Waals surface area (Å²) in [6, 6.07) is 27.8. The van der Waals surface area contributed by atoms with Crippen LogP contribution in [0.4, 0.5) is 5.69 Å². The number of unbranched alkanes of at least 4 members (excludes halogenated alkanes) is 2. The summed E-state index contributed by atoms with van der Waals surface area (Å²) in [4.78, 5) is 144. The van der Waals surface area contributed by atoms with Crippen LogP contribution in [0.5, 0.6) is 5.75 Å². The van der Waals surface area contributed by atoms with Crippen molar-refractivity contribution in [1.82, 2.24) is 35.4 Å². The van der Waals surface area contributed by atoms with E-state index in [1.54, 1.807) is 19.2 Å². The molecule has 3 aliphatic heterocycles. The summed E-state index contributed by atoms with van der Waals surface area (Å²) in [7, 11) is -3.45. The normalized spacial score (nSPS) is 17.3. The number of amides is 7. The summed E-state index contributed by atoms with van der Waals surface area (Å²) in [5, 5.41) is 11.4. The molecule has 3 aliphatic rings. The maximum Gasteiger partial charge on any atom is 0.396 e. The number of anilines is 1. The molecule has 10 rings (SSSR count). The molecule has 5 heterocycles. The predicted molar refractivity (Wildman–Crippen MR) is 301 cm³/mol. The number of fused-ring (bicyclic) bond motifs is 2. The fourth-order valence-electron chi connectivity index (χ4n) is 11.2. The maximum atomic E-state index is 15.1. The number of carbonyl (C=O) groups excluding carboxylic acids is 8. The van der Waals surface area contributed by atoms with Gasteiger partial charge in [-0.05, 0) is 116 Å². The third-order valence-electron chi connectivity index (χ3n) is 15.4. The monoisotopic (exact) mass is 1130 g/mol. The Kier molecular flexibility index (Phi) is 16.2.